The summed E-state index contributed by atoms with van der Waals surface area (Å²) in [6.45, 7) is 23.2. The van der Waals surface area contributed by atoms with Crippen LogP contribution in [0.1, 0.15) is 73.6 Å². The van der Waals surface area contributed by atoms with Crippen molar-refractivity contribution in [2.45, 2.75) is 155 Å². The Morgan fingerprint density at radius 1 is 1.04 bits per heavy atom. The maximum absolute atomic E-state index is 7.52. The fourth-order valence-corrected chi connectivity index (χ4v) is 15.8. The SMILES string of the molecule is CO[C@@H]1C[C@H]([C@@H](/C=C(C)/C=C/[C@@H](C/C=C/[Si](C)(C)C)OC)O[Si](C(C)C)(C(C)C)C(C)C)O[C@@](Cc2n[c]([Sn]([CH3])([CH3])[CH3])co2)(OC)C1. The summed E-state index contributed by atoms with van der Waals surface area (Å²) in [5.41, 5.74) is 4.77. The molecule has 0 bridgehead atoms. The number of allylic oxidation sites excluding steroid dienone is 2. The van der Waals surface area contributed by atoms with Gasteiger partial charge in [0, 0.05) is 7.11 Å². The molecule has 1 aromatic heterocycles. The predicted molar refractivity (Wildman–Crippen MR) is 205 cm³/mol. The van der Waals surface area contributed by atoms with E-state index in [1.54, 1.807) is 21.3 Å². The average Bonchev–Trinajstić information content (AvgIpc) is 3.44. The zero-order chi connectivity index (χ0) is 35.8. The molecule has 2 rings (SSSR count). The molecule has 1 fully saturated rings. The Balaban J connectivity index is 2.56. The summed E-state index contributed by atoms with van der Waals surface area (Å²) in [6, 6.07) is 0. The van der Waals surface area contributed by atoms with Gasteiger partial charge < -0.3 is 4.74 Å². The van der Waals surface area contributed by atoms with Gasteiger partial charge in [-0.25, -0.2) is 0 Å². The average molecular weight is 799 g/mol. The van der Waals surface area contributed by atoms with Crippen molar-refractivity contribution >= 4 is 38.5 Å². The second kappa shape index (κ2) is 18.1. The normalized spacial score (nSPS) is 23.6. The summed E-state index contributed by atoms with van der Waals surface area (Å²) in [4.78, 5) is 11.9. The van der Waals surface area contributed by atoms with Crippen LogP contribution >= 0.6 is 0 Å². The van der Waals surface area contributed by atoms with Crippen molar-refractivity contribution in [1.82, 2.24) is 4.98 Å². The van der Waals surface area contributed by atoms with Gasteiger partial charge in [-0.3, -0.25) is 0 Å². The molecule has 7 nitrogen and oxygen atoms in total. The number of rotatable bonds is 18. The summed E-state index contributed by atoms with van der Waals surface area (Å²) in [6.07, 6.45) is 12.6. The Morgan fingerprint density at radius 2 is 1.66 bits per heavy atom. The molecule has 2 heterocycles. The zero-order valence-corrected chi connectivity index (χ0v) is 37.6. The molecule has 1 aromatic rings. The first-order valence-electron chi connectivity index (χ1n) is 17.7. The standard InChI is InChI=1S/C34H60NO6Si2.3CH3.Sn/c1-25(2)43(26(3)4,27(5)6)41-32(21-28(7)16-17-29(36-8)15-14-20-42(11,12)13)31-22-30(37-9)23-34(38-10,40-31)24-33-35-18-19-39-33;;;;/h14,16-17,19-21,25-27,29-32H,15,22-24H2,1-13H3;3*1H3;/b17-16+,20-14+,28-21+;;;;/t29-,30-,31-,32-,34+;;;;/m1..../s1. The minimum absolute atomic E-state index is 0.00846. The van der Waals surface area contributed by atoms with Crippen LogP contribution in [0, 0.1) is 0 Å². The molecule has 10 heteroatoms. The molecule has 0 radical (unpaired) electrons. The van der Waals surface area contributed by atoms with Crippen molar-refractivity contribution < 1.29 is 27.8 Å². The van der Waals surface area contributed by atoms with Crippen LogP contribution < -0.4 is 3.71 Å². The Labute approximate surface area is 294 Å². The number of hydrogen-bond donors (Lipinski definition) is 0. The van der Waals surface area contributed by atoms with Gasteiger partial charge in [0.2, 0.25) is 0 Å². The molecule has 1 saturated heterocycles. The molecular weight excluding hydrogens is 729 g/mol. The molecule has 5 atom stereocenters. The molecule has 0 aromatic carbocycles. The zero-order valence-electron chi connectivity index (χ0n) is 32.7. The molecule has 0 N–H and O–H groups in total. The quantitative estimate of drug-likeness (QED) is 0.108. The van der Waals surface area contributed by atoms with Gasteiger partial charge in [-0.05, 0) is 6.42 Å². The van der Waals surface area contributed by atoms with Gasteiger partial charge in [0.15, 0.2) is 0 Å². The summed E-state index contributed by atoms with van der Waals surface area (Å²) in [5, 5.41) is 0. The van der Waals surface area contributed by atoms with Gasteiger partial charge in [-0.15, -0.1) is 0 Å². The maximum atomic E-state index is 7.52. The Kier molecular flexibility index (Phi) is 16.4. The van der Waals surface area contributed by atoms with Crippen LogP contribution in [-0.2, 0) is 29.8 Å². The molecule has 0 unspecified atom stereocenters. The molecule has 0 aliphatic carbocycles. The third-order valence-corrected chi connectivity index (χ3v) is 21.9. The number of hydrogen-bond acceptors (Lipinski definition) is 7. The number of aromatic nitrogens is 1. The number of oxazole rings is 1. The number of nitrogens with zero attached hydrogens (tertiary/aromatic N) is 1. The van der Waals surface area contributed by atoms with Crippen LogP contribution in [0.3, 0.4) is 0 Å². The second-order valence-corrected chi connectivity index (χ2v) is 41.3. The van der Waals surface area contributed by atoms with Gasteiger partial charge in [-0.1, -0.05) is 31.4 Å². The topological polar surface area (TPSA) is 72.2 Å². The van der Waals surface area contributed by atoms with E-state index in [0.717, 1.165) is 15.7 Å². The summed E-state index contributed by atoms with van der Waals surface area (Å²) in [7, 11) is 1.73. The van der Waals surface area contributed by atoms with Crippen LogP contribution in [0.2, 0.25) is 51.1 Å². The molecule has 0 saturated carbocycles. The van der Waals surface area contributed by atoms with Gasteiger partial charge >= 0.3 is 232 Å². The Bertz CT molecular complexity index is 1160. The first-order valence-corrected chi connectivity index (χ1v) is 33.4. The first kappa shape index (κ1) is 42.6. The van der Waals surface area contributed by atoms with E-state index in [-0.39, 0.29) is 24.4 Å². The van der Waals surface area contributed by atoms with Crippen LogP contribution in [0.15, 0.2) is 46.3 Å². The monoisotopic (exact) mass is 799 g/mol. The third-order valence-electron chi connectivity index (χ3n) is 9.55. The fourth-order valence-electron chi connectivity index (χ4n) is 6.97. The van der Waals surface area contributed by atoms with Crippen molar-refractivity contribution in [3.63, 3.8) is 0 Å². The first-order chi connectivity index (χ1) is 21.7. The second-order valence-electron chi connectivity index (χ2n) is 16.6. The minimum atomic E-state index is -2.40. The van der Waals surface area contributed by atoms with E-state index in [1.807, 2.05) is 6.26 Å². The summed E-state index contributed by atoms with van der Waals surface area (Å²) in [5.74, 6) is -0.292. The number of methoxy groups -OCH3 is 3. The molecular formula is C37H69NO6Si2Sn. The molecule has 1 aliphatic heterocycles. The number of ether oxygens (including phenoxy) is 4. The van der Waals surface area contributed by atoms with E-state index in [4.69, 9.17) is 32.8 Å². The van der Waals surface area contributed by atoms with Crippen LogP contribution in [0.5, 0.6) is 0 Å². The van der Waals surface area contributed by atoms with Gasteiger partial charge in [0.05, 0.1) is 14.2 Å². The molecule has 0 spiro atoms. The van der Waals surface area contributed by atoms with E-state index >= 15 is 0 Å². The van der Waals surface area contributed by atoms with E-state index in [2.05, 4.69) is 113 Å². The Hall–Kier alpha value is -0.538. The van der Waals surface area contributed by atoms with Crippen molar-refractivity contribution in [1.29, 1.82) is 0 Å². The van der Waals surface area contributed by atoms with E-state index in [9.17, 15) is 0 Å². The molecule has 270 valence electrons. The van der Waals surface area contributed by atoms with Gasteiger partial charge in [0.25, 0.3) is 0 Å². The summed E-state index contributed by atoms with van der Waals surface area (Å²) >= 11 is -2.40. The van der Waals surface area contributed by atoms with Gasteiger partial charge in [-0.2, -0.15) is 0 Å². The van der Waals surface area contributed by atoms with Crippen LogP contribution in [-0.4, -0.2) is 91.3 Å². The van der Waals surface area contributed by atoms with Crippen LogP contribution in [0.25, 0.3) is 0 Å². The van der Waals surface area contributed by atoms with Crippen molar-refractivity contribution in [2.24, 2.45) is 0 Å². The van der Waals surface area contributed by atoms with E-state index < -0.39 is 40.6 Å². The third kappa shape index (κ3) is 12.3. The van der Waals surface area contributed by atoms with E-state index in [1.165, 1.54) is 0 Å². The van der Waals surface area contributed by atoms with E-state index in [0.29, 0.717) is 41.8 Å². The fraction of sp³-hybridized carbons (Fsp3) is 0.757. The molecule has 47 heavy (non-hydrogen) atoms. The van der Waals surface area contributed by atoms with Gasteiger partial charge in [0.1, 0.15) is 0 Å². The van der Waals surface area contributed by atoms with Crippen LogP contribution in [0.4, 0.5) is 0 Å². The molecule has 0 amide bonds. The van der Waals surface area contributed by atoms with Crippen molar-refractivity contribution in [3.05, 3.63) is 47.7 Å². The van der Waals surface area contributed by atoms with Crippen molar-refractivity contribution in [2.75, 3.05) is 21.3 Å². The Morgan fingerprint density at radius 3 is 2.13 bits per heavy atom. The predicted octanol–water partition coefficient (Wildman–Crippen LogP) is 9.20. The van der Waals surface area contributed by atoms with Crippen molar-refractivity contribution in [3.8, 4) is 0 Å². The summed E-state index contributed by atoms with van der Waals surface area (Å²) < 4.78 is 39.8. The molecule has 1 aliphatic rings.